The minimum Gasteiger partial charge on any atom is -0.458 e. The number of amides is 1. The smallest absolute Gasteiger partial charge is 0.410 e. The maximum absolute atomic E-state index is 14.7. The van der Waals surface area contributed by atoms with E-state index in [2.05, 4.69) is 9.97 Å². The minimum absolute atomic E-state index is 0.121. The van der Waals surface area contributed by atoms with E-state index in [1.165, 1.54) is 14.0 Å². The van der Waals surface area contributed by atoms with Crippen LogP contribution in [-0.4, -0.2) is 135 Å². The lowest BCUT2D eigenvalue weighted by atomic mass is 9.73. The number of unbranched alkanes of at least 4 members (excludes halogenated alkanes) is 1. The predicted octanol–water partition coefficient (Wildman–Crippen LogP) is 5.58. The molecule has 0 saturated carbocycles. The number of aromatic nitrogens is 3. The highest BCUT2D eigenvalue weighted by atomic mass is 35.5. The molecule has 2 aromatic rings. The van der Waals surface area contributed by atoms with Crippen LogP contribution in [0.15, 0.2) is 31.0 Å². The van der Waals surface area contributed by atoms with Crippen molar-refractivity contribution in [1.29, 1.82) is 0 Å². The van der Waals surface area contributed by atoms with E-state index >= 15 is 0 Å². The normalized spacial score (nSPS) is 36.3. The molecule has 0 spiro atoms. The Balaban J connectivity index is 1.43. The van der Waals surface area contributed by atoms with Crippen molar-refractivity contribution in [2.75, 3.05) is 27.7 Å². The van der Waals surface area contributed by atoms with Gasteiger partial charge in [0.2, 0.25) is 0 Å². The average Bonchev–Trinajstić information content (AvgIpc) is 3.77. The topological polar surface area (TPSA) is 172 Å². The highest BCUT2D eigenvalue weighted by Gasteiger charge is 2.60. The Bertz CT molecular complexity index is 1810. The van der Waals surface area contributed by atoms with Crippen LogP contribution in [0.25, 0.3) is 11.3 Å². The number of carbonyl (C=O) groups excluding carboxylic acids is 4. The van der Waals surface area contributed by atoms with Gasteiger partial charge in [0.15, 0.2) is 17.7 Å². The van der Waals surface area contributed by atoms with Gasteiger partial charge in [-0.05, 0) is 80.0 Å². The fourth-order valence-electron chi connectivity index (χ4n) is 9.47. The molecule has 13 atom stereocenters. The molecule has 2 aromatic heterocycles. The highest BCUT2D eigenvalue weighted by molar-refractivity contribution is 6.33. The number of Topliss-reactive ketones (excluding diaryl/α,β-unsaturated/α-hetero) is 2. The summed E-state index contributed by atoms with van der Waals surface area (Å²) in [4.78, 5) is 69.0. The number of esters is 1. The maximum atomic E-state index is 14.7. The predicted molar refractivity (Wildman–Crippen MR) is 219 cm³/mol. The zero-order valence-corrected chi connectivity index (χ0v) is 37.2. The van der Waals surface area contributed by atoms with Crippen LogP contribution in [0.4, 0.5) is 4.79 Å². The van der Waals surface area contributed by atoms with Gasteiger partial charge in [-0.15, -0.1) is 0 Å². The average molecular weight is 846 g/mol. The molecule has 1 amide bonds. The molecule has 5 rings (SSSR count). The van der Waals surface area contributed by atoms with Crippen molar-refractivity contribution in [1.82, 2.24) is 24.3 Å². The molecule has 5 heterocycles. The van der Waals surface area contributed by atoms with Crippen molar-refractivity contribution >= 4 is 35.2 Å². The lowest BCUT2D eigenvalue weighted by molar-refractivity contribution is -0.295. The third-order valence-electron chi connectivity index (χ3n) is 12.9. The van der Waals surface area contributed by atoms with Gasteiger partial charge in [-0.25, -0.2) is 9.78 Å². The summed E-state index contributed by atoms with van der Waals surface area (Å²) in [6.07, 6.45) is 4.02. The molecule has 0 aliphatic carbocycles. The van der Waals surface area contributed by atoms with Crippen LogP contribution in [0.3, 0.4) is 0 Å². The largest absolute Gasteiger partial charge is 0.458 e. The number of hydrogen-bond acceptors (Lipinski definition) is 13. The number of fused-ring (bicyclic) bond motifs is 1. The molecule has 0 radical (unpaired) electrons. The molecular formula is C43H64ClN5O10. The summed E-state index contributed by atoms with van der Waals surface area (Å²) >= 11 is 6.36. The Hall–Kier alpha value is -3.47. The summed E-state index contributed by atoms with van der Waals surface area (Å²) in [6.45, 7) is 14.8. The number of carbonyl (C=O) groups is 4. The highest BCUT2D eigenvalue weighted by Crippen LogP contribution is 2.43. The number of ether oxygens (including phenoxy) is 5. The number of methoxy groups -OCH3 is 1. The van der Waals surface area contributed by atoms with E-state index in [0.29, 0.717) is 36.5 Å². The molecular weight excluding hydrogens is 782 g/mol. The quantitative estimate of drug-likeness (QED) is 0.169. The fraction of sp³-hybridized carbons (Fsp3) is 0.721. The molecule has 1 N–H and O–H groups in total. The van der Waals surface area contributed by atoms with Gasteiger partial charge in [-0.1, -0.05) is 39.3 Å². The van der Waals surface area contributed by atoms with Crippen molar-refractivity contribution in [2.45, 2.75) is 148 Å². The number of likely N-dealkylation sites (N-methyl/N-ethyl adjacent to an activating group) is 1. The number of halogens is 1. The Morgan fingerprint density at radius 1 is 1.03 bits per heavy atom. The van der Waals surface area contributed by atoms with Crippen molar-refractivity contribution in [3.05, 3.63) is 36.0 Å². The van der Waals surface area contributed by atoms with Crippen molar-refractivity contribution in [3.63, 3.8) is 0 Å². The second-order valence-corrected chi connectivity index (χ2v) is 17.8. The number of imidazole rings is 1. The van der Waals surface area contributed by atoms with Crippen molar-refractivity contribution in [2.24, 2.45) is 23.7 Å². The third-order valence-corrected chi connectivity index (χ3v) is 13.2. The zero-order chi connectivity index (χ0) is 43.6. The van der Waals surface area contributed by atoms with Crippen molar-refractivity contribution < 1.29 is 48.0 Å². The van der Waals surface area contributed by atoms with E-state index in [4.69, 9.17) is 35.3 Å². The summed E-state index contributed by atoms with van der Waals surface area (Å²) in [5.41, 5.74) is -1.27. The van der Waals surface area contributed by atoms with Gasteiger partial charge in [0.05, 0.1) is 40.9 Å². The molecule has 3 saturated heterocycles. The second kappa shape index (κ2) is 19.1. The first kappa shape index (κ1) is 46.6. The number of aryl methyl sites for hydroxylation is 1. The summed E-state index contributed by atoms with van der Waals surface area (Å²) in [5.74, 6) is -5.02. The van der Waals surface area contributed by atoms with Crippen LogP contribution in [0.2, 0.25) is 5.02 Å². The zero-order valence-electron chi connectivity index (χ0n) is 36.4. The first-order chi connectivity index (χ1) is 27.8. The minimum atomic E-state index is -1.42. The van der Waals surface area contributed by atoms with Crippen molar-refractivity contribution in [3.8, 4) is 11.3 Å². The van der Waals surface area contributed by atoms with Crippen LogP contribution < -0.4 is 0 Å². The summed E-state index contributed by atoms with van der Waals surface area (Å²) in [7, 11) is 5.23. The first-order valence-electron chi connectivity index (χ1n) is 20.9. The monoisotopic (exact) mass is 845 g/mol. The molecule has 0 unspecified atom stereocenters. The number of aliphatic hydroxyl groups is 1. The molecule has 3 aliphatic rings. The molecule has 3 fully saturated rings. The summed E-state index contributed by atoms with van der Waals surface area (Å²) in [6, 6.07) is 0.621. The van der Waals surface area contributed by atoms with Gasteiger partial charge < -0.3 is 43.2 Å². The Labute approximate surface area is 353 Å². The van der Waals surface area contributed by atoms with E-state index in [9.17, 15) is 24.3 Å². The molecule has 59 heavy (non-hydrogen) atoms. The Morgan fingerprint density at radius 2 is 1.73 bits per heavy atom. The standard InChI is InChI=1S/C43H64ClN5O10/c1-12-33-43(8)37(49(41(54)59-43)18-14-13-17-48-22-31(46-23-48)29-21-45-16-15-30(29)44)26(4)34(50)24(2)20-42(7,55-11)38(27(5)35(51)28(6)39(53)57-33)58-40-36(52)32(47(9)10)19-25(3)56-40/h15-16,21-28,32-33,36-38,40,52H,12-14,17-20H2,1-11H3/t24-,25-,26+,27+,28-,32+,33-,36-,37-,38-,40+,42+,43-/m1/s1. The second-order valence-electron chi connectivity index (χ2n) is 17.4. The number of cyclic esters (lactones) is 1. The van der Waals surface area contributed by atoms with E-state index in [-0.39, 0.29) is 37.3 Å². The van der Waals surface area contributed by atoms with Gasteiger partial charge in [0.25, 0.3) is 0 Å². The van der Waals surface area contributed by atoms with Gasteiger partial charge in [-0.3, -0.25) is 19.4 Å². The third kappa shape index (κ3) is 9.70. The van der Waals surface area contributed by atoms with E-state index in [1.807, 2.05) is 43.6 Å². The van der Waals surface area contributed by atoms with Crippen LogP contribution in [0, 0.1) is 23.7 Å². The number of aliphatic hydroxyl groups excluding tert-OH is 1. The molecule has 0 aromatic carbocycles. The molecule has 0 bridgehead atoms. The summed E-state index contributed by atoms with van der Waals surface area (Å²) in [5, 5.41) is 12.0. The fourth-order valence-corrected chi connectivity index (χ4v) is 9.67. The lowest BCUT2D eigenvalue weighted by Gasteiger charge is -2.47. The molecule has 16 heteroatoms. The Morgan fingerprint density at radius 3 is 2.37 bits per heavy atom. The number of ketones is 2. The number of nitrogens with zero attached hydrogens (tertiary/aromatic N) is 5. The Kier molecular flexibility index (Phi) is 15.1. The van der Waals surface area contributed by atoms with Gasteiger partial charge in [0.1, 0.15) is 23.9 Å². The van der Waals surface area contributed by atoms with Crippen LogP contribution in [-0.2, 0) is 44.6 Å². The molecule has 15 nitrogen and oxygen atoms in total. The van der Waals surface area contributed by atoms with Gasteiger partial charge >= 0.3 is 12.1 Å². The SMILES string of the molecule is CC[C@H]1OC(=O)[C@H](C)C(=O)[C@H](C)[C@@H](O[C@@H]2O[C@H](C)C[C@H](N(C)C)[C@H]2O)[C@@](C)(OC)C[C@@H](C)C(=O)[C@H](C)[C@H]2N(CCCCn3cnc(-c4cnccc4Cl)c3)C(=O)O[C@]12C. The van der Waals surface area contributed by atoms with Gasteiger partial charge in [0, 0.05) is 68.1 Å². The number of hydrogen-bond donors (Lipinski definition) is 1. The van der Waals surface area contributed by atoms with Crippen LogP contribution in [0.5, 0.6) is 0 Å². The van der Waals surface area contributed by atoms with E-state index in [1.54, 1.807) is 64.3 Å². The lowest BCUT2D eigenvalue weighted by Crippen LogP contribution is -2.60. The van der Waals surface area contributed by atoms with Crippen LogP contribution in [0.1, 0.15) is 87.5 Å². The first-order valence-corrected chi connectivity index (χ1v) is 21.2. The van der Waals surface area contributed by atoms with E-state index < -0.39 is 83.4 Å². The summed E-state index contributed by atoms with van der Waals surface area (Å²) < 4.78 is 33.2. The van der Waals surface area contributed by atoms with Crippen LogP contribution >= 0.6 is 11.6 Å². The van der Waals surface area contributed by atoms with E-state index in [0.717, 1.165) is 5.56 Å². The van der Waals surface area contributed by atoms with Gasteiger partial charge in [-0.2, -0.15) is 0 Å². The molecule has 3 aliphatic heterocycles. The maximum Gasteiger partial charge on any atom is 0.410 e. The molecule has 328 valence electrons. The number of rotatable bonds is 11. The number of pyridine rings is 1.